The maximum absolute atomic E-state index is 13.5. The normalized spacial score (nSPS) is 13.5. The molecule has 0 spiro atoms. The Morgan fingerprint density at radius 2 is 1.61 bits per heavy atom. The first-order valence-corrected chi connectivity index (χ1v) is 11.0. The zero-order chi connectivity index (χ0) is 23.4. The fraction of sp³-hybridized carbons (Fsp3) is 0.185. The Labute approximate surface area is 194 Å². The zero-order valence-electron chi connectivity index (χ0n) is 19.0. The number of carbonyl (C=O) groups excluding carboxylic acids is 2. The van der Waals surface area contributed by atoms with Gasteiger partial charge < -0.3 is 15.0 Å². The van der Waals surface area contributed by atoms with E-state index in [1.165, 1.54) is 4.90 Å². The minimum absolute atomic E-state index is 0.253. The number of amides is 2. The summed E-state index contributed by atoms with van der Waals surface area (Å²) in [6.45, 7) is 2.59. The van der Waals surface area contributed by atoms with Crippen molar-refractivity contribution in [1.82, 2.24) is 0 Å². The SMILES string of the molecule is CCCOc1cccc(N2C(=O)C(Nc3ccc(N(C)C)cc3)=C(c3ccccc3)C2=O)c1. The van der Waals surface area contributed by atoms with Gasteiger partial charge in [-0.05, 0) is 48.4 Å². The van der Waals surface area contributed by atoms with Crippen LogP contribution in [0.25, 0.3) is 5.57 Å². The van der Waals surface area contributed by atoms with Gasteiger partial charge in [0, 0.05) is 31.5 Å². The molecule has 0 saturated carbocycles. The first kappa shape index (κ1) is 22.1. The highest BCUT2D eigenvalue weighted by atomic mass is 16.5. The highest BCUT2D eigenvalue weighted by molar-refractivity contribution is 6.46. The van der Waals surface area contributed by atoms with Crippen molar-refractivity contribution in [3.05, 3.63) is 90.1 Å². The maximum atomic E-state index is 13.5. The lowest BCUT2D eigenvalue weighted by molar-refractivity contribution is -0.120. The van der Waals surface area contributed by atoms with Gasteiger partial charge in [0.25, 0.3) is 11.8 Å². The van der Waals surface area contributed by atoms with Crippen LogP contribution in [0.1, 0.15) is 18.9 Å². The standard InChI is InChI=1S/C27H27N3O3/c1-4-17-33-23-12-8-11-22(18-23)30-26(31)24(19-9-6-5-7-10-19)25(27(30)32)28-20-13-15-21(16-14-20)29(2)3/h5-16,18,28H,4,17H2,1-3H3. The highest BCUT2D eigenvalue weighted by Gasteiger charge is 2.40. The molecule has 1 aliphatic heterocycles. The van der Waals surface area contributed by atoms with E-state index < -0.39 is 5.91 Å². The van der Waals surface area contributed by atoms with Crippen LogP contribution in [0.5, 0.6) is 5.75 Å². The van der Waals surface area contributed by atoms with Gasteiger partial charge >= 0.3 is 0 Å². The third kappa shape index (κ3) is 4.60. The summed E-state index contributed by atoms with van der Waals surface area (Å²) in [6, 6.07) is 24.0. The topological polar surface area (TPSA) is 61.9 Å². The van der Waals surface area contributed by atoms with Gasteiger partial charge in [-0.15, -0.1) is 0 Å². The summed E-state index contributed by atoms with van der Waals surface area (Å²) in [5.74, 6) is -0.147. The molecule has 6 heteroatoms. The molecule has 4 rings (SSSR count). The molecule has 2 amide bonds. The van der Waals surface area contributed by atoms with Crippen LogP contribution in [0, 0.1) is 0 Å². The number of ether oxygens (including phenoxy) is 1. The lowest BCUT2D eigenvalue weighted by Gasteiger charge is -2.17. The van der Waals surface area contributed by atoms with Gasteiger partial charge in [-0.25, -0.2) is 4.90 Å². The Bertz CT molecular complexity index is 1180. The van der Waals surface area contributed by atoms with Crippen LogP contribution < -0.4 is 19.9 Å². The first-order valence-electron chi connectivity index (χ1n) is 11.0. The minimum Gasteiger partial charge on any atom is -0.494 e. The van der Waals surface area contributed by atoms with Gasteiger partial charge in [0.15, 0.2) is 0 Å². The van der Waals surface area contributed by atoms with Crippen LogP contribution in [0.4, 0.5) is 17.1 Å². The van der Waals surface area contributed by atoms with E-state index in [-0.39, 0.29) is 11.6 Å². The van der Waals surface area contributed by atoms with Crippen molar-refractivity contribution in [3.8, 4) is 5.75 Å². The second-order valence-electron chi connectivity index (χ2n) is 7.97. The minimum atomic E-state index is -0.400. The van der Waals surface area contributed by atoms with Gasteiger partial charge in [-0.2, -0.15) is 0 Å². The molecular formula is C27H27N3O3. The third-order valence-corrected chi connectivity index (χ3v) is 5.35. The largest absolute Gasteiger partial charge is 0.494 e. The van der Waals surface area contributed by atoms with E-state index in [9.17, 15) is 9.59 Å². The molecule has 1 aliphatic rings. The predicted molar refractivity (Wildman–Crippen MR) is 132 cm³/mol. The number of rotatable bonds is 8. The molecule has 3 aromatic carbocycles. The van der Waals surface area contributed by atoms with Gasteiger partial charge in [0.2, 0.25) is 0 Å². The summed E-state index contributed by atoms with van der Waals surface area (Å²) < 4.78 is 5.71. The maximum Gasteiger partial charge on any atom is 0.282 e. The van der Waals surface area contributed by atoms with Crippen molar-refractivity contribution >= 4 is 34.4 Å². The number of hydrogen-bond donors (Lipinski definition) is 1. The fourth-order valence-corrected chi connectivity index (χ4v) is 3.67. The van der Waals surface area contributed by atoms with Gasteiger partial charge in [0.05, 0.1) is 17.9 Å². The quantitative estimate of drug-likeness (QED) is 0.502. The molecule has 0 atom stereocenters. The molecule has 0 saturated heterocycles. The molecule has 0 unspecified atom stereocenters. The molecule has 168 valence electrons. The van der Waals surface area contributed by atoms with Crippen LogP contribution >= 0.6 is 0 Å². The number of imide groups is 1. The van der Waals surface area contributed by atoms with Crippen LogP contribution in [0.2, 0.25) is 0 Å². The zero-order valence-corrected chi connectivity index (χ0v) is 19.0. The van der Waals surface area contributed by atoms with Crippen LogP contribution in [-0.2, 0) is 9.59 Å². The van der Waals surface area contributed by atoms with E-state index >= 15 is 0 Å². The molecule has 3 aromatic rings. The highest BCUT2D eigenvalue weighted by Crippen LogP contribution is 2.35. The Hall–Kier alpha value is -4.06. The number of nitrogens with zero attached hydrogens (tertiary/aromatic N) is 2. The van der Waals surface area contributed by atoms with Gasteiger partial charge in [-0.1, -0.05) is 43.3 Å². The van der Waals surface area contributed by atoms with Crippen molar-refractivity contribution in [2.24, 2.45) is 0 Å². The lowest BCUT2D eigenvalue weighted by Crippen LogP contribution is -2.32. The van der Waals surface area contributed by atoms with E-state index in [4.69, 9.17) is 4.74 Å². The van der Waals surface area contributed by atoms with E-state index in [1.807, 2.05) is 86.6 Å². The fourth-order valence-electron chi connectivity index (χ4n) is 3.67. The molecule has 6 nitrogen and oxygen atoms in total. The summed E-state index contributed by atoms with van der Waals surface area (Å²) in [7, 11) is 3.93. The number of nitrogens with one attached hydrogen (secondary N) is 1. The molecule has 1 heterocycles. The second kappa shape index (κ2) is 9.61. The van der Waals surface area contributed by atoms with Crippen molar-refractivity contribution in [1.29, 1.82) is 0 Å². The second-order valence-corrected chi connectivity index (χ2v) is 7.97. The third-order valence-electron chi connectivity index (χ3n) is 5.35. The molecule has 0 fully saturated rings. The number of anilines is 3. The van der Waals surface area contributed by atoms with Crippen LogP contribution in [-0.4, -0.2) is 32.5 Å². The summed E-state index contributed by atoms with van der Waals surface area (Å²) in [5.41, 5.74) is 3.53. The Morgan fingerprint density at radius 3 is 2.27 bits per heavy atom. The summed E-state index contributed by atoms with van der Waals surface area (Å²) in [6.07, 6.45) is 0.867. The van der Waals surface area contributed by atoms with Crippen LogP contribution in [0.15, 0.2) is 84.6 Å². The van der Waals surface area contributed by atoms with Crippen molar-refractivity contribution in [3.63, 3.8) is 0 Å². The molecule has 33 heavy (non-hydrogen) atoms. The molecule has 0 aliphatic carbocycles. The number of benzene rings is 3. The summed E-state index contributed by atoms with van der Waals surface area (Å²) in [5, 5.41) is 3.20. The predicted octanol–water partition coefficient (Wildman–Crippen LogP) is 4.94. The Morgan fingerprint density at radius 1 is 0.879 bits per heavy atom. The average molecular weight is 442 g/mol. The number of carbonyl (C=O) groups is 2. The smallest absolute Gasteiger partial charge is 0.282 e. The van der Waals surface area contributed by atoms with Crippen molar-refractivity contribution in [2.75, 3.05) is 35.8 Å². The van der Waals surface area contributed by atoms with E-state index in [1.54, 1.807) is 18.2 Å². The average Bonchev–Trinajstić information content (AvgIpc) is 3.07. The molecule has 0 aromatic heterocycles. The van der Waals surface area contributed by atoms with E-state index in [0.29, 0.717) is 29.2 Å². The van der Waals surface area contributed by atoms with Gasteiger partial charge in [-0.3, -0.25) is 9.59 Å². The molecular weight excluding hydrogens is 414 g/mol. The number of hydrogen-bond acceptors (Lipinski definition) is 5. The van der Waals surface area contributed by atoms with Crippen molar-refractivity contribution in [2.45, 2.75) is 13.3 Å². The molecule has 0 radical (unpaired) electrons. The Kier molecular flexibility index (Phi) is 6.45. The van der Waals surface area contributed by atoms with Crippen LogP contribution in [0.3, 0.4) is 0 Å². The van der Waals surface area contributed by atoms with E-state index in [0.717, 1.165) is 17.8 Å². The summed E-state index contributed by atoms with van der Waals surface area (Å²) >= 11 is 0. The van der Waals surface area contributed by atoms with Gasteiger partial charge in [0.1, 0.15) is 11.4 Å². The summed E-state index contributed by atoms with van der Waals surface area (Å²) in [4.78, 5) is 30.3. The van der Waals surface area contributed by atoms with E-state index in [2.05, 4.69) is 5.32 Å². The lowest BCUT2D eigenvalue weighted by atomic mass is 10.0. The monoisotopic (exact) mass is 441 g/mol. The molecule has 0 bridgehead atoms. The molecule has 1 N–H and O–H groups in total. The Balaban J connectivity index is 1.72. The van der Waals surface area contributed by atoms with Crippen molar-refractivity contribution < 1.29 is 14.3 Å². The first-order chi connectivity index (χ1) is 16.0.